The van der Waals surface area contributed by atoms with E-state index in [2.05, 4.69) is 23.3 Å². The summed E-state index contributed by atoms with van der Waals surface area (Å²) in [6.07, 6.45) is 7.76. The Balaban J connectivity index is 2.01. The Morgan fingerprint density at radius 2 is 2.22 bits per heavy atom. The summed E-state index contributed by atoms with van der Waals surface area (Å²) in [5.74, 6) is 1.53. The fourth-order valence-electron chi connectivity index (χ4n) is 2.75. The molecule has 0 amide bonds. The topological polar surface area (TPSA) is 34.2 Å². The van der Waals surface area contributed by atoms with Gasteiger partial charge in [-0.1, -0.05) is 6.92 Å². The second kappa shape index (κ2) is 6.19. The summed E-state index contributed by atoms with van der Waals surface area (Å²) >= 11 is 0. The van der Waals surface area contributed by atoms with Gasteiger partial charge in [0.15, 0.2) is 0 Å². The molecule has 0 saturated heterocycles. The maximum atomic E-state index is 5.71. The highest BCUT2D eigenvalue weighted by atomic mass is 16.5. The van der Waals surface area contributed by atoms with Crippen LogP contribution in [0.4, 0.5) is 0 Å². The number of ether oxygens (including phenoxy) is 1. The van der Waals surface area contributed by atoms with Crippen molar-refractivity contribution in [1.82, 2.24) is 10.3 Å². The molecule has 1 aromatic heterocycles. The first kappa shape index (κ1) is 13.3. The molecule has 1 fully saturated rings. The lowest BCUT2D eigenvalue weighted by molar-refractivity contribution is 0.241. The lowest BCUT2D eigenvalue weighted by atomic mass is 9.99. The van der Waals surface area contributed by atoms with Crippen LogP contribution < -0.4 is 10.1 Å². The summed E-state index contributed by atoms with van der Waals surface area (Å²) in [4.78, 5) is 4.31. The predicted octanol–water partition coefficient (Wildman–Crippen LogP) is 3.11. The number of pyridine rings is 1. The third-order valence-corrected chi connectivity index (χ3v) is 3.50. The summed E-state index contributed by atoms with van der Waals surface area (Å²) in [5, 5.41) is 3.54. The lowest BCUT2D eigenvalue weighted by Gasteiger charge is -2.14. The van der Waals surface area contributed by atoms with Gasteiger partial charge < -0.3 is 10.1 Å². The van der Waals surface area contributed by atoms with E-state index in [-0.39, 0.29) is 6.10 Å². The molecule has 2 atom stereocenters. The second-order valence-electron chi connectivity index (χ2n) is 5.39. The Morgan fingerprint density at radius 1 is 1.39 bits per heavy atom. The molecule has 0 radical (unpaired) electrons. The van der Waals surface area contributed by atoms with Crippen LogP contribution in [0.2, 0.25) is 0 Å². The number of hydrogen-bond donors (Lipinski definition) is 1. The molecule has 2 rings (SSSR count). The van der Waals surface area contributed by atoms with Gasteiger partial charge in [-0.3, -0.25) is 4.98 Å². The molecular weight excluding hydrogens is 224 g/mol. The van der Waals surface area contributed by atoms with Crippen LogP contribution in [0, 0.1) is 0 Å². The van der Waals surface area contributed by atoms with Crippen LogP contribution >= 0.6 is 0 Å². The van der Waals surface area contributed by atoms with Crippen molar-refractivity contribution in [2.45, 2.75) is 58.1 Å². The normalized spacial score (nSPS) is 23.6. The van der Waals surface area contributed by atoms with Crippen LogP contribution in [0.5, 0.6) is 5.75 Å². The zero-order chi connectivity index (χ0) is 13.0. The highest BCUT2D eigenvalue weighted by Crippen LogP contribution is 2.35. The van der Waals surface area contributed by atoms with Crippen molar-refractivity contribution in [3.63, 3.8) is 0 Å². The minimum Gasteiger partial charge on any atom is -0.489 e. The molecule has 18 heavy (non-hydrogen) atoms. The average molecular weight is 248 g/mol. The average Bonchev–Trinajstić information content (AvgIpc) is 2.78. The Bertz CT molecular complexity index is 379. The molecule has 0 spiro atoms. The molecule has 100 valence electrons. The van der Waals surface area contributed by atoms with Crippen molar-refractivity contribution in [2.24, 2.45) is 0 Å². The first-order valence-electron chi connectivity index (χ1n) is 7.04. The largest absolute Gasteiger partial charge is 0.489 e. The predicted molar refractivity (Wildman–Crippen MR) is 74.1 cm³/mol. The minimum absolute atomic E-state index is 0.208. The van der Waals surface area contributed by atoms with Crippen LogP contribution in [0.15, 0.2) is 18.5 Å². The van der Waals surface area contributed by atoms with Gasteiger partial charge in [-0.15, -0.1) is 0 Å². The van der Waals surface area contributed by atoms with Crippen LogP contribution in [-0.2, 0) is 0 Å². The highest BCUT2D eigenvalue weighted by molar-refractivity contribution is 5.27. The SMILES string of the molecule is CCNC1CCC(c2cncc(OC(C)C)c2)C1. The van der Waals surface area contributed by atoms with Gasteiger partial charge in [-0.25, -0.2) is 0 Å². The first-order valence-corrected chi connectivity index (χ1v) is 7.04. The van der Waals surface area contributed by atoms with E-state index in [1.54, 1.807) is 6.20 Å². The quantitative estimate of drug-likeness (QED) is 0.869. The molecule has 0 bridgehead atoms. The van der Waals surface area contributed by atoms with Crippen LogP contribution in [0.1, 0.15) is 51.5 Å². The second-order valence-corrected chi connectivity index (χ2v) is 5.39. The fraction of sp³-hybridized carbons (Fsp3) is 0.667. The van der Waals surface area contributed by atoms with Crippen LogP contribution in [0.3, 0.4) is 0 Å². The smallest absolute Gasteiger partial charge is 0.138 e. The van der Waals surface area contributed by atoms with E-state index in [1.807, 2.05) is 20.0 Å². The number of aromatic nitrogens is 1. The Labute approximate surface area is 110 Å². The van der Waals surface area contributed by atoms with Crippen molar-refractivity contribution < 1.29 is 4.74 Å². The molecule has 0 aliphatic heterocycles. The Hall–Kier alpha value is -1.09. The van der Waals surface area contributed by atoms with Gasteiger partial charge in [0.2, 0.25) is 0 Å². The maximum absolute atomic E-state index is 5.71. The number of nitrogens with one attached hydrogen (secondary N) is 1. The van der Waals surface area contributed by atoms with Crippen molar-refractivity contribution in [3.8, 4) is 5.75 Å². The third kappa shape index (κ3) is 3.45. The molecule has 1 N–H and O–H groups in total. The van der Waals surface area contributed by atoms with Gasteiger partial charge in [0.1, 0.15) is 5.75 Å². The number of hydrogen-bond acceptors (Lipinski definition) is 3. The molecule has 1 heterocycles. The number of nitrogens with zero attached hydrogens (tertiary/aromatic N) is 1. The van der Waals surface area contributed by atoms with E-state index >= 15 is 0 Å². The monoisotopic (exact) mass is 248 g/mol. The molecule has 3 heteroatoms. The minimum atomic E-state index is 0.208. The Morgan fingerprint density at radius 3 is 2.94 bits per heavy atom. The van der Waals surface area contributed by atoms with Crippen molar-refractivity contribution >= 4 is 0 Å². The van der Waals surface area contributed by atoms with Gasteiger partial charge in [0.05, 0.1) is 12.3 Å². The van der Waals surface area contributed by atoms with E-state index < -0.39 is 0 Å². The summed E-state index contributed by atoms with van der Waals surface area (Å²) in [6, 6.07) is 2.83. The molecule has 0 aromatic carbocycles. The van der Waals surface area contributed by atoms with Crippen LogP contribution in [-0.4, -0.2) is 23.7 Å². The fourth-order valence-corrected chi connectivity index (χ4v) is 2.75. The first-order chi connectivity index (χ1) is 8.69. The molecule has 1 aliphatic rings. The summed E-state index contributed by atoms with van der Waals surface area (Å²) in [7, 11) is 0. The van der Waals surface area contributed by atoms with Gasteiger partial charge in [-0.05, 0) is 57.2 Å². The molecule has 1 aromatic rings. The van der Waals surface area contributed by atoms with E-state index in [9.17, 15) is 0 Å². The number of rotatable bonds is 5. The molecule has 3 nitrogen and oxygen atoms in total. The zero-order valence-corrected chi connectivity index (χ0v) is 11.6. The van der Waals surface area contributed by atoms with Gasteiger partial charge in [0.25, 0.3) is 0 Å². The van der Waals surface area contributed by atoms with E-state index in [0.717, 1.165) is 12.3 Å². The standard InChI is InChI=1S/C15H24N2O/c1-4-17-14-6-5-12(7-14)13-8-15(10-16-9-13)18-11(2)3/h8-12,14,17H,4-7H2,1-3H3. The summed E-state index contributed by atoms with van der Waals surface area (Å²) < 4.78 is 5.71. The van der Waals surface area contributed by atoms with Crippen molar-refractivity contribution in [1.29, 1.82) is 0 Å². The molecule has 2 unspecified atom stereocenters. The van der Waals surface area contributed by atoms with Crippen molar-refractivity contribution in [3.05, 3.63) is 24.0 Å². The summed E-state index contributed by atoms with van der Waals surface area (Å²) in [6.45, 7) is 7.32. The molecular formula is C15H24N2O. The highest BCUT2D eigenvalue weighted by Gasteiger charge is 2.25. The maximum Gasteiger partial charge on any atom is 0.138 e. The van der Waals surface area contributed by atoms with Gasteiger partial charge in [0, 0.05) is 12.2 Å². The van der Waals surface area contributed by atoms with E-state index in [4.69, 9.17) is 4.74 Å². The Kier molecular flexibility index (Phi) is 4.59. The van der Waals surface area contributed by atoms with Gasteiger partial charge in [-0.2, -0.15) is 0 Å². The molecule has 1 aliphatic carbocycles. The van der Waals surface area contributed by atoms with E-state index in [0.29, 0.717) is 12.0 Å². The van der Waals surface area contributed by atoms with Crippen molar-refractivity contribution in [2.75, 3.05) is 6.54 Å². The van der Waals surface area contributed by atoms with Gasteiger partial charge >= 0.3 is 0 Å². The lowest BCUT2D eigenvalue weighted by Crippen LogP contribution is -2.25. The molecule has 1 saturated carbocycles. The van der Waals surface area contributed by atoms with E-state index in [1.165, 1.54) is 24.8 Å². The summed E-state index contributed by atoms with van der Waals surface area (Å²) in [5.41, 5.74) is 1.33. The zero-order valence-electron chi connectivity index (χ0n) is 11.6. The third-order valence-electron chi connectivity index (χ3n) is 3.50. The van der Waals surface area contributed by atoms with Crippen LogP contribution in [0.25, 0.3) is 0 Å².